The first-order valence-corrected chi connectivity index (χ1v) is 6.16. The molecule has 1 aromatic rings. The van der Waals surface area contributed by atoms with Crippen molar-refractivity contribution >= 4 is 0 Å². The van der Waals surface area contributed by atoms with E-state index >= 15 is 0 Å². The molecule has 1 heterocycles. The molecule has 2 rings (SSSR count). The molecule has 1 aromatic heterocycles. The third-order valence-corrected chi connectivity index (χ3v) is 4.33. The maximum atomic E-state index is 4.44. The van der Waals surface area contributed by atoms with E-state index in [2.05, 4.69) is 38.1 Å². The second-order valence-electron chi connectivity index (χ2n) is 5.53. The van der Waals surface area contributed by atoms with Crippen molar-refractivity contribution in [2.45, 2.75) is 53.1 Å². The molecule has 16 heavy (non-hydrogen) atoms. The van der Waals surface area contributed by atoms with Gasteiger partial charge in [0.1, 0.15) is 0 Å². The number of nitrogens with zero attached hydrogens (tertiary/aromatic N) is 2. The van der Waals surface area contributed by atoms with Crippen LogP contribution in [0.3, 0.4) is 0 Å². The predicted octanol–water partition coefficient (Wildman–Crippen LogP) is 2.32. The lowest BCUT2D eigenvalue weighted by Gasteiger charge is -2.20. The highest BCUT2D eigenvalue weighted by atomic mass is 15.3. The fourth-order valence-electron chi connectivity index (χ4n) is 2.21. The maximum absolute atomic E-state index is 4.44. The van der Waals surface area contributed by atoms with Gasteiger partial charge in [-0.1, -0.05) is 6.92 Å². The van der Waals surface area contributed by atoms with Gasteiger partial charge in [0.25, 0.3) is 0 Å². The van der Waals surface area contributed by atoms with E-state index in [0.29, 0.717) is 11.5 Å². The maximum Gasteiger partial charge on any atom is 0.0641 e. The number of aromatic nitrogens is 2. The second-order valence-corrected chi connectivity index (χ2v) is 5.53. The molecule has 1 fully saturated rings. The quantitative estimate of drug-likeness (QED) is 0.845. The predicted molar refractivity (Wildman–Crippen MR) is 66.3 cm³/mol. The molecule has 1 atom stereocenters. The summed E-state index contributed by atoms with van der Waals surface area (Å²) in [6, 6.07) is 0.603. The summed E-state index contributed by atoms with van der Waals surface area (Å²) in [5.74, 6) is 0. The first-order valence-electron chi connectivity index (χ1n) is 6.16. The van der Waals surface area contributed by atoms with Gasteiger partial charge in [-0.05, 0) is 39.0 Å². The molecule has 1 aliphatic rings. The van der Waals surface area contributed by atoms with Crippen LogP contribution in [0, 0.1) is 19.3 Å². The normalized spacial score (nSPS) is 19.8. The zero-order valence-corrected chi connectivity index (χ0v) is 11.1. The van der Waals surface area contributed by atoms with Gasteiger partial charge in [0.15, 0.2) is 0 Å². The minimum atomic E-state index is 0.546. The Morgan fingerprint density at radius 3 is 2.50 bits per heavy atom. The van der Waals surface area contributed by atoms with Crippen molar-refractivity contribution in [3.8, 4) is 0 Å². The second kappa shape index (κ2) is 3.88. The largest absolute Gasteiger partial charge is 0.310 e. The van der Waals surface area contributed by atoms with Gasteiger partial charge in [-0.2, -0.15) is 5.10 Å². The van der Waals surface area contributed by atoms with Crippen LogP contribution in [0.1, 0.15) is 43.6 Å². The van der Waals surface area contributed by atoms with Crippen LogP contribution in [0.2, 0.25) is 0 Å². The Bertz CT molecular complexity index is 388. The van der Waals surface area contributed by atoms with Crippen LogP contribution in [0.5, 0.6) is 0 Å². The Hall–Kier alpha value is -0.830. The smallest absolute Gasteiger partial charge is 0.0641 e. The third kappa shape index (κ3) is 2.01. The van der Waals surface area contributed by atoms with Crippen molar-refractivity contribution in [3.05, 3.63) is 17.0 Å². The molecular formula is C13H23N3. The third-order valence-electron chi connectivity index (χ3n) is 4.33. The molecule has 1 N–H and O–H groups in total. The molecule has 1 unspecified atom stereocenters. The standard InChI is InChI=1S/C13H23N3/c1-9-12(10(2)16(5)15-9)8-14-11(3)13(4)6-7-13/h11,14H,6-8H2,1-5H3. The van der Waals surface area contributed by atoms with E-state index < -0.39 is 0 Å². The van der Waals surface area contributed by atoms with Crippen LogP contribution in [0.15, 0.2) is 0 Å². The van der Waals surface area contributed by atoms with Crippen LogP contribution < -0.4 is 5.32 Å². The van der Waals surface area contributed by atoms with E-state index in [1.165, 1.54) is 24.1 Å². The lowest BCUT2D eigenvalue weighted by molar-refractivity contribution is 0.379. The highest BCUT2D eigenvalue weighted by Crippen LogP contribution is 2.47. The molecule has 3 heteroatoms. The molecule has 0 aromatic carbocycles. The fraction of sp³-hybridized carbons (Fsp3) is 0.769. The minimum absolute atomic E-state index is 0.546. The molecule has 0 spiro atoms. The Morgan fingerprint density at radius 2 is 2.06 bits per heavy atom. The van der Waals surface area contributed by atoms with Gasteiger partial charge in [-0.15, -0.1) is 0 Å². The Labute approximate surface area is 98.2 Å². The number of rotatable bonds is 4. The SMILES string of the molecule is Cc1nn(C)c(C)c1CNC(C)C1(C)CC1. The van der Waals surface area contributed by atoms with Gasteiger partial charge >= 0.3 is 0 Å². The van der Waals surface area contributed by atoms with Crippen molar-refractivity contribution in [1.29, 1.82) is 0 Å². The van der Waals surface area contributed by atoms with Crippen LogP contribution >= 0.6 is 0 Å². The van der Waals surface area contributed by atoms with Gasteiger partial charge in [0, 0.05) is 30.9 Å². The van der Waals surface area contributed by atoms with Crippen molar-refractivity contribution in [2.24, 2.45) is 12.5 Å². The number of hydrogen-bond donors (Lipinski definition) is 1. The summed E-state index contributed by atoms with van der Waals surface area (Å²) in [4.78, 5) is 0. The highest BCUT2D eigenvalue weighted by Gasteiger charge is 2.42. The van der Waals surface area contributed by atoms with E-state index in [-0.39, 0.29) is 0 Å². The van der Waals surface area contributed by atoms with Crippen molar-refractivity contribution in [2.75, 3.05) is 0 Å². The molecule has 0 aliphatic heterocycles. The van der Waals surface area contributed by atoms with Crippen molar-refractivity contribution in [1.82, 2.24) is 15.1 Å². The number of aryl methyl sites for hydroxylation is 2. The molecule has 0 radical (unpaired) electrons. The fourth-order valence-corrected chi connectivity index (χ4v) is 2.21. The van der Waals surface area contributed by atoms with E-state index in [9.17, 15) is 0 Å². The molecule has 90 valence electrons. The van der Waals surface area contributed by atoms with Crippen LogP contribution in [0.4, 0.5) is 0 Å². The van der Waals surface area contributed by atoms with Crippen molar-refractivity contribution in [3.63, 3.8) is 0 Å². The number of hydrogen-bond acceptors (Lipinski definition) is 2. The Morgan fingerprint density at radius 1 is 1.44 bits per heavy atom. The van der Waals surface area contributed by atoms with Crippen LogP contribution in [-0.4, -0.2) is 15.8 Å². The Kier molecular flexibility index (Phi) is 2.82. The summed E-state index contributed by atoms with van der Waals surface area (Å²) in [6.07, 6.45) is 2.73. The molecule has 1 aliphatic carbocycles. The van der Waals surface area contributed by atoms with Crippen LogP contribution in [0.25, 0.3) is 0 Å². The topological polar surface area (TPSA) is 29.9 Å². The zero-order valence-electron chi connectivity index (χ0n) is 11.1. The molecule has 1 saturated carbocycles. The summed E-state index contributed by atoms with van der Waals surface area (Å²) in [5.41, 5.74) is 4.33. The van der Waals surface area contributed by atoms with Crippen molar-refractivity contribution < 1.29 is 0 Å². The Balaban J connectivity index is 1.99. The first kappa shape index (κ1) is 11.6. The minimum Gasteiger partial charge on any atom is -0.310 e. The first-order chi connectivity index (χ1) is 7.44. The van der Waals surface area contributed by atoms with E-state index in [1.54, 1.807) is 0 Å². The zero-order chi connectivity index (χ0) is 11.9. The van der Waals surface area contributed by atoms with Gasteiger partial charge in [-0.3, -0.25) is 4.68 Å². The molecule has 0 amide bonds. The summed E-state index contributed by atoms with van der Waals surface area (Å²) in [5, 5.41) is 8.09. The molecular weight excluding hydrogens is 198 g/mol. The van der Waals surface area contributed by atoms with Crippen LogP contribution in [-0.2, 0) is 13.6 Å². The average molecular weight is 221 g/mol. The number of nitrogens with one attached hydrogen (secondary N) is 1. The summed E-state index contributed by atoms with van der Waals surface area (Å²) >= 11 is 0. The van der Waals surface area contributed by atoms with Gasteiger partial charge in [0.2, 0.25) is 0 Å². The lowest BCUT2D eigenvalue weighted by atomic mass is 10.0. The van der Waals surface area contributed by atoms with E-state index in [4.69, 9.17) is 0 Å². The summed E-state index contributed by atoms with van der Waals surface area (Å²) in [7, 11) is 2.01. The molecule has 0 saturated heterocycles. The van der Waals surface area contributed by atoms with Gasteiger partial charge in [-0.25, -0.2) is 0 Å². The molecule has 3 nitrogen and oxygen atoms in total. The monoisotopic (exact) mass is 221 g/mol. The summed E-state index contributed by atoms with van der Waals surface area (Å²) in [6.45, 7) is 9.85. The van der Waals surface area contributed by atoms with Gasteiger partial charge < -0.3 is 5.32 Å². The van der Waals surface area contributed by atoms with Gasteiger partial charge in [0.05, 0.1) is 5.69 Å². The van der Waals surface area contributed by atoms with E-state index in [1.807, 2.05) is 11.7 Å². The summed E-state index contributed by atoms with van der Waals surface area (Å²) < 4.78 is 1.97. The lowest BCUT2D eigenvalue weighted by Crippen LogP contribution is -2.33. The highest BCUT2D eigenvalue weighted by molar-refractivity contribution is 5.24. The average Bonchev–Trinajstić information content (AvgIpc) is 2.91. The molecule has 0 bridgehead atoms. The van der Waals surface area contributed by atoms with E-state index in [0.717, 1.165) is 12.2 Å².